The molecule has 3 heteroatoms. The van der Waals surface area contributed by atoms with Gasteiger partial charge in [0.1, 0.15) is 0 Å². The van der Waals surface area contributed by atoms with E-state index in [4.69, 9.17) is 4.74 Å². The third-order valence-corrected chi connectivity index (χ3v) is 4.68. The second-order valence-electron chi connectivity index (χ2n) is 5.06. The topological polar surface area (TPSA) is 21.3 Å². The third-order valence-electron chi connectivity index (χ3n) is 3.69. The molecule has 1 heterocycles. The lowest BCUT2D eigenvalue weighted by Gasteiger charge is -2.23. The molecule has 0 spiro atoms. The van der Waals surface area contributed by atoms with Gasteiger partial charge in [0.15, 0.2) is 0 Å². The Morgan fingerprint density at radius 2 is 2.22 bits per heavy atom. The van der Waals surface area contributed by atoms with Crippen LogP contribution in [0.15, 0.2) is 17.5 Å². The molecule has 0 aromatic carbocycles. The van der Waals surface area contributed by atoms with Crippen molar-refractivity contribution in [2.45, 2.75) is 57.6 Å². The number of ether oxygens (including phenoxy) is 1. The molecular weight excluding hydrogens is 242 g/mol. The summed E-state index contributed by atoms with van der Waals surface area (Å²) in [6.45, 7) is 4.05. The highest BCUT2D eigenvalue weighted by atomic mass is 32.1. The fourth-order valence-electron chi connectivity index (χ4n) is 2.63. The third kappa shape index (κ3) is 4.38. The van der Waals surface area contributed by atoms with Gasteiger partial charge in [-0.3, -0.25) is 0 Å². The molecule has 18 heavy (non-hydrogen) atoms. The number of rotatable bonds is 7. The van der Waals surface area contributed by atoms with Gasteiger partial charge in [0.25, 0.3) is 0 Å². The molecule has 1 aromatic rings. The van der Waals surface area contributed by atoms with E-state index in [0.29, 0.717) is 12.1 Å². The minimum atomic E-state index is 0.500. The highest BCUT2D eigenvalue weighted by Crippen LogP contribution is 2.22. The van der Waals surface area contributed by atoms with E-state index in [9.17, 15) is 0 Å². The first kappa shape index (κ1) is 14.0. The fourth-order valence-corrected chi connectivity index (χ4v) is 3.51. The lowest BCUT2D eigenvalue weighted by atomic mass is 9.98. The molecule has 1 fully saturated rings. The van der Waals surface area contributed by atoms with E-state index in [-0.39, 0.29) is 0 Å². The van der Waals surface area contributed by atoms with Crippen LogP contribution < -0.4 is 5.32 Å². The quantitative estimate of drug-likeness (QED) is 0.750. The van der Waals surface area contributed by atoms with E-state index in [1.807, 2.05) is 11.3 Å². The predicted molar refractivity (Wildman–Crippen MR) is 78.2 cm³/mol. The van der Waals surface area contributed by atoms with Gasteiger partial charge >= 0.3 is 0 Å². The van der Waals surface area contributed by atoms with E-state index in [2.05, 4.69) is 29.8 Å². The van der Waals surface area contributed by atoms with Crippen molar-refractivity contribution >= 4 is 11.3 Å². The van der Waals surface area contributed by atoms with Gasteiger partial charge in [-0.1, -0.05) is 32.3 Å². The van der Waals surface area contributed by atoms with Gasteiger partial charge in [0, 0.05) is 17.5 Å². The molecule has 1 aromatic heterocycles. The second-order valence-corrected chi connectivity index (χ2v) is 6.04. The molecule has 0 bridgehead atoms. The van der Waals surface area contributed by atoms with Crippen molar-refractivity contribution in [1.82, 2.24) is 5.32 Å². The Kier molecular flexibility index (Phi) is 6.18. The number of thiophene rings is 1. The summed E-state index contributed by atoms with van der Waals surface area (Å²) < 4.78 is 5.94. The zero-order chi connectivity index (χ0) is 12.6. The maximum Gasteiger partial charge on any atom is 0.0594 e. The van der Waals surface area contributed by atoms with Crippen molar-refractivity contribution in [2.24, 2.45) is 0 Å². The van der Waals surface area contributed by atoms with E-state index >= 15 is 0 Å². The second kappa shape index (κ2) is 7.93. The van der Waals surface area contributed by atoms with Crippen LogP contribution in [0, 0.1) is 0 Å². The molecule has 1 unspecified atom stereocenters. The number of nitrogens with one attached hydrogen (secondary N) is 1. The average Bonchev–Trinajstić information content (AvgIpc) is 2.94. The Bertz CT molecular complexity index is 306. The van der Waals surface area contributed by atoms with Crippen molar-refractivity contribution in [3.05, 3.63) is 22.4 Å². The van der Waals surface area contributed by atoms with Gasteiger partial charge in [-0.2, -0.15) is 0 Å². The van der Waals surface area contributed by atoms with Crippen LogP contribution in [0.2, 0.25) is 0 Å². The average molecular weight is 267 g/mol. The Hall–Kier alpha value is -0.380. The minimum Gasteiger partial charge on any atom is -0.377 e. The Morgan fingerprint density at radius 3 is 2.89 bits per heavy atom. The van der Waals surface area contributed by atoms with E-state index in [1.54, 1.807) is 0 Å². The predicted octanol–water partition coefficient (Wildman–Crippen LogP) is 4.14. The lowest BCUT2D eigenvalue weighted by Crippen LogP contribution is -2.27. The molecule has 1 aliphatic rings. The number of hydrogen-bond acceptors (Lipinski definition) is 3. The molecule has 102 valence electrons. The molecular formula is C15H25NOS. The largest absolute Gasteiger partial charge is 0.377 e. The van der Waals surface area contributed by atoms with Crippen LogP contribution in [0.5, 0.6) is 0 Å². The standard InChI is InChI=1S/C15H25NOS/c1-2-14(15-9-6-12-18-15)16-10-11-17-13-7-4-3-5-8-13/h6,9,12-14,16H,2-5,7-8,10-11H2,1H3. The maximum absolute atomic E-state index is 5.94. The van der Waals surface area contributed by atoms with Crippen molar-refractivity contribution in [3.8, 4) is 0 Å². The first-order valence-corrected chi connectivity index (χ1v) is 8.16. The van der Waals surface area contributed by atoms with E-state index < -0.39 is 0 Å². The van der Waals surface area contributed by atoms with Crippen LogP contribution in [0.3, 0.4) is 0 Å². The fraction of sp³-hybridized carbons (Fsp3) is 0.733. The van der Waals surface area contributed by atoms with Gasteiger partial charge in [-0.25, -0.2) is 0 Å². The van der Waals surface area contributed by atoms with Gasteiger partial charge in [0.05, 0.1) is 12.7 Å². The highest BCUT2D eigenvalue weighted by molar-refractivity contribution is 7.10. The summed E-state index contributed by atoms with van der Waals surface area (Å²) in [6, 6.07) is 4.84. The molecule has 2 nitrogen and oxygen atoms in total. The van der Waals surface area contributed by atoms with Crippen molar-refractivity contribution in [3.63, 3.8) is 0 Å². The van der Waals surface area contributed by atoms with Gasteiger partial charge in [-0.15, -0.1) is 11.3 Å². The summed E-state index contributed by atoms with van der Waals surface area (Å²) in [5.74, 6) is 0. The summed E-state index contributed by atoms with van der Waals surface area (Å²) in [5.41, 5.74) is 0. The molecule has 0 amide bonds. The van der Waals surface area contributed by atoms with Gasteiger partial charge in [-0.05, 0) is 30.7 Å². The van der Waals surface area contributed by atoms with Crippen LogP contribution in [-0.4, -0.2) is 19.3 Å². The molecule has 1 atom stereocenters. The van der Waals surface area contributed by atoms with Crippen LogP contribution in [0.4, 0.5) is 0 Å². The molecule has 2 rings (SSSR count). The summed E-state index contributed by atoms with van der Waals surface area (Å²) in [5, 5.41) is 5.75. The van der Waals surface area contributed by atoms with E-state index in [1.165, 1.54) is 37.0 Å². The van der Waals surface area contributed by atoms with Gasteiger partial charge < -0.3 is 10.1 Å². The number of hydrogen-bond donors (Lipinski definition) is 1. The van der Waals surface area contributed by atoms with Crippen LogP contribution in [0.25, 0.3) is 0 Å². The van der Waals surface area contributed by atoms with Crippen LogP contribution >= 0.6 is 11.3 Å². The molecule has 0 saturated heterocycles. The van der Waals surface area contributed by atoms with Crippen LogP contribution in [0.1, 0.15) is 56.4 Å². The molecule has 0 radical (unpaired) electrons. The first-order chi connectivity index (χ1) is 8.90. The normalized spacial score (nSPS) is 18.9. The van der Waals surface area contributed by atoms with Crippen molar-refractivity contribution in [2.75, 3.05) is 13.2 Å². The Labute approximate surface area is 115 Å². The molecule has 1 saturated carbocycles. The molecule has 1 aliphatic carbocycles. The smallest absolute Gasteiger partial charge is 0.0594 e. The molecule has 1 N–H and O–H groups in total. The molecule has 0 aliphatic heterocycles. The Balaban J connectivity index is 1.61. The summed E-state index contributed by atoms with van der Waals surface area (Å²) >= 11 is 1.84. The van der Waals surface area contributed by atoms with E-state index in [0.717, 1.165) is 19.6 Å². The lowest BCUT2D eigenvalue weighted by molar-refractivity contribution is 0.0293. The zero-order valence-corrected chi connectivity index (χ0v) is 12.2. The first-order valence-electron chi connectivity index (χ1n) is 7.28. The summed E-state index contributed by atoms with van der Waals surface area (Å²) in [7, 11) is 0. The summed E-state index contributed by atoms with van der Waals surface area (Å²) in [6.07, 6.45) is 8.31. The Morgan fingerprint density at radius 1 is 1.39 bits per heavy atom. The monoisotopic (exact) mass is 267 g/mol. The maximum atomic E-state index is 5.94. The highest BCUT2D eigenvalue weighted by Gasteiger charge is 2.14. The van der Waals surface area contributed by atoms with Crippen LogP contribution in [-0.2, 0) is 4.74 Å². The minimum absolute atomic E-state index is 0.500. The van der Waals surface area contributed by atoms with Gasteiger partial charge in [0.2, 0.25) is 0 Å². The summed E-state index contributed by atoms with van der Waals surface area (Å²) in [4.78, 5) is 1.44. The van der Waals surface area contributed by atoms with Crippen molar-refractivity contribution < 1.29 is 4.74 Å². The SMILES string of the molecule is CCC(NCCOC1CCCCC1)c1cccs1. The van der Waals surface area contributed by atoms with Crippen molar-refractivity contribution in [1.29, 1.82) is 0 Å². The zero-order valence-electron chi connectivity index (χ0n) is 11.4.